The third kappa shape index (κ3) is 5.64. The quantitative estimate of drug-likeness (QED) is 0.701. The molecule has 2 N–H and O–H groups in total. The molecule has 1 fully saturated rings. The highest BCUT2D eigenvalue weighted by atomic mass is 16.7. The van der Waals surface area contributed by atoms with Gasteiger partial charge < -0.3 is 29.2 Å². The van der Waals surface area contributed by atoms with E-state index < -0.39 is 53.5 Å². The molecule has 0 amide bonds. The summed E-state index contributed by atoms with van der Waals surface area (Å²) in [4.78, 5) is 24.0. The molecule has 5 atom stereocenters. The molecular weight excluding hydrogens is 332 g/mol. The Morgan fingerprint density at radius 2 is 1.48 bits per heavy atom. The summed E-state index contributed by atoms with van der Waals surface area (Å²) in [6.45, 7) is 9.81. The third-order valence-corrected chi connectivity index (χ3v) is 3.72. The van der Waals surface area contributed by atoms with Crippen LogP contribution in [-0.4, -0.2) is 66.6 Å². The Morgan fingerprint density at radius 3 is 1.92 bits per heavy atom. The van der Waals surface area contributed by atoms with Gasteiger partial charge in [0, 0.05) is 7.11 Å². The minimum atomic E-state index is -1.37. The molecule has 1 aliphatic heterocycles. The number of carbonyl (C=O) groups excluding carboxylic acids is 2. The fourth-order valence-corrected chi connectivity index (χ4v) is 2.05. The van der Waals surface area contributed by atoms with Gasteiger partial charge in [0.1, 0.15) is 24.9 Å². The van der Waals surface area contributed by atoms with Gasteiger partial charge in [-0.1, -0.05) is 0 Å². The van der Waals surface area contributed by atoms with Crippen LogP contribution >= 0.6 is 0 Å². The lowest BCUT2D eigenvalue weighted by atomic mass is 9.95. The molecule has 0 spiro atoms. The van der Waals surface area contributed by atoms with E-state index in [9.17, 15) is 19.8 Å². The second-order valence-electron chi connectivity index (χ2n) is 8.23. The van der Waals surface area contributed by atoms with Gasteiger partial charge in [0.05, 0.1) is 10.8 Å². The Hall–Kier alpha value is -1.22. The predicted octanol–water partition coefficient (Wildman–Crippen LogP) is 0.627. The zero-order valence-corrected chi connectivity index (χ0v) is 15.9. The molecule has 8 nitrogen and oxygen atoms in total. The largest absolute Gasteiger partial charge is 0.462 e. The molecule has 25 heavy (non-hydrogen) atoms. The Bertz CT molecular complexity index is 476. The number of hydrogen-bond donors (Lipinski definition) is 2. The lowest BCUT2D eigenvalue weighted by Gasteiger charge is -2.41. The molecule has 8 heteroatoms. The second kappa shape index (κ2) is 7.99. The van der Waals surface area contributed by atoms with Crippen LogP contribution in [0.2, 0.25) is 0 Å². The van der Waals surface area contributed by atoms with Crippen LogP contribution in [0.3, 0.4) is 0 Å². The number of esters is 2. The summed E-state index contributed by atoms with van der Waals surface area (Å²) in [5.41, 5.74) is -1.52. The molecule has 1 heterocycles. The Labute approximate surface area is 148 Å². The molecule has 0 radical (unpaired) electrons. The molecule has 0 aromatic rings. The topological polar surface area (TPSA) is 112 Å². The number of hydrogen-bond acceptors (Lipinski definition) is 8. The Morgan fingerprint density at radius 1 is 0.960 bits per heavy atom. The van der Waals surface area contributed by atoms with Crippen molar-refractivity contribution in [1.82, 2.24) is 0 Å². The minimum Gasteiger partial charge on any atom is -0.462 e. The van der Waals surface area contributed by atoms with Gasteiger partial charge in [-0.2, -0.15) is 0 Å². The van der Waals surface area contributed by atoms with Crippen molar-refractivity contribution in [2.45, 2.75) is 72.2 Å². The lowest BCUT2D eigenvalue weighted by Crippen LogP contribution is -2.61. The molecule has 0 aliphatic carbocycles. The highest BCUT2D eigenvalue weighted by Gasteiger charge is 2.48. The summed E-state index contributed by atoms with van der Waals surface area (Å²) in [6, 6.07) is 0. The summed E-state index contributed by atoms with van der Waals surface area (Å²) in [5, 5.41) is 20.7. The van der Waals surface area contributed by atoms with Crippen LogP contribution in [0.15, 0.2) is 0 Å². The van der Waals surface area contributed by atoms with Crippen LogP contribution in [0, 0.1) is 10.8 Å². The van der Waals surface area contributed by atoms with E-state index in [0.717, 1.165) is 0 Å². The van der Waals surface area contributed by atoms with Gasteiger partial charge in [-0.25, -0.2) is 0 Å². The number of ether oxygens (including phenoxy) is 4. The van der Waals surface area contributed by atoms with E-state index in [-0.39, 0.29) is 6.61 Å². The first-order valence-corrected chi connectivity index (χ1v) is 8.21. The number of aliphatic hydroxyl groups is 2. The fraction of sp³-hybridized carbons (Fsp3) is 0.882. The summed E-state index contributed by atoms with van der Waals surface area (Å²) in [7, 11) is 1.31. The second-order valence-corrected chi connectivity index (χ2v) is 8.23. The minimum absolute atomic E-state index is 0.257. The number of aliphatic hydroxyl groups excluding tert-OH is 2. The highest BCUT2D eigenvalue weighted by molar-refractivity contribution is 5.76. The van der Waals surface area contributed by atoms with Crippen LogP contribution in [0.1, 0.15) is 41.5 Å². The third-order valence-electron chi connectivity index (χ3n) is 3.72. The molecule has 146 valence electrons. The van der Waals surface area contributed by atoms with Crippen LogP contribution in [-0.2, 0) is 28.5 Å². The van der Waals surface area contributed by atoms with Crippen LogP contribution < -0.4 is 0 Å². The van der Waals surface area contributed by atoms with Gasteiger partial charge in [0.25, 0.3) is 0 Å². The van der Waals surface area contributed by atoms with Crippen LogP contribution in [0.4, 0.5) is 0 Å². The van der Waals surface area contributed by atoms with Gasteiger partial charge in [0.15, 0.2) is 12.4 Å². The van der Waals surface area contributed by atoms with Gasteiger partial charge in [-0.3, -0.25) is 9.59 Å². The van der Waals surface area contributed by atoms with Crippen LogP contribution in [0.5, 0.6) is 0 Å². The van der Waals surface area contributed by atoms with Crippen molar-refractivity contribution in [2.24, 2.45) is 10.8 Å². The maximum Gasteiger partial charge on any atom is 0.311 e. The molecule has 0 saturated carbocycles. The molecule has 1 aliphatic rings. The van der Waals surface area contributed by atoms with E-state index in [1.165, 1.54) is 7.11 Å². The van der Waals surface area contributed by atoms with Crippen molar-refractivity contribution >= 4 is 11.9 Å². The van der Waals surface area contributed by atoms with E-state index >= 15 is 0 Å². The highest BCUT2D eigenvalue weighted by Crippen LogP contribution is 2.27. The Balaban J connectivity index is 2.87. The van der Waals surface area contributed by atoms with E-state index in [0.29, 0.717) is 0 Å². The maximum absolute atomic E-state index is 12.1. The molecule has 1 saturated heterocycles. The summed E-state index contributed by atoms with van der Waals surface area (Å²) < 4.78 is 20.9. The first-order valence-electron chi connectivity index (χ1n) is 8.21. The standard InChI is InChI=1S/C17H30O8/c1-16(2,3)14(20)23-8-9-10(18)12(11(19)13(22-7)24-9)25-15(21)17(4,5)6/h9-13,18-19H,8H2,1-7H3/t9-,10-,11+,12+,13?/m1/s1. The molecule has 0 aromatic heterocycles. The van der Waals surface area contributed by atoms with Gasteiger partial charge in [0.2, 0.25) is 0 Å². The average molecular weight is 362 g/mol. The summed E-state index contributed by atoms with van der Waals surface area (Å²) >= 11 is 0. The molecule has 0 bridgehead atoms. The normalized spacial score (nSPS) is 30.7. The predicted molar refractivity (Wildman–Crippen MR) is 87.4 cm³/mol. The lowest BCUT2D eigenvalue weighted by molar-refractivity contribution is -0.299. The summed E-state index contributed by atoms with van der Waals surface area (Å²) in [5.74, 6) is -1.05. The number of rotatable bonds is 4. The zero-order chi connectivity index (χ0) is 19.6. The van der Waals surface area contributed by atoms with Crippen LogP contribution in [0.25, 0.3) is 0 Å². The van der Waals surface area contributed by atoms with Gasteiger partial charge in [-0.05, 0) is 41.5 Å². The van der Waals surface area contributed by atoms with Crippen molar-refractivity contribution < 1.29 is 38.7 Å². The first-order chi connectivity index (χ1) is 11.3. The first kappa shape index (κ1) is 21.8. The average Bonchev–Trinajstić information content (AvgIpc) is 2.48. The van der Waals surface area contributed by atoms with E-state index in [4.69, 9.17) is 18.9 Å². The van der Waals surface area contributed by atoms with E-state index in [1.807, 2.05) is 0 Å². The van der Waals surface area contributed by atoms with Crippen molar-refractivity contribution in [3.05, 3.63) is 0 Å². The number of methoxy groups -OCH3 is 1. The van der Waals surface area contributed by atoms with Gasteiger partial charge >= 0.3 is 11.9 Å². The van der Waals surface area contributed by atoms with E-state index in [2.05, 4.69) is 0 Å². The maximum atomic E-state index is 12.1. The monoisotopic (exact) mass is 362 g/mol. The molecule has 1 rings (SSSR count). The fourth-order valence-electron chi connectivity index (χ4n) is 2.05. The zero-order valence-electron chi connectivity index (χ0n) is 15.9. The van der Waals surface area contributed by atoms with Crippen molar-refractivity contribution in [3.8, 4) is 0 Å². The van der Waals surface area contributed by atoms with Crippen molar-refractivity contribution in [3.63, 3.8) is 0 Å². The molecular formula is C17H30O8. The Kier molecular flexibility index (Phi) is 6.97. The van der Waals surface area contributed by atoms with E-state index in [1.54, 1.807) is 41.5 Å². The van der Waals surface area contributed by atoms with Crippen molar-refractivity contribution in [2.75, 3.05) is 13.7 Å². The molecule has 0 aromatic carbocycles. The summed E-state index contributed by atoms with van der Waals surface area (Å²) in [6.07, 6.45) is -6.14. The molecule has 1 unspecified atom stereocenters. The number of carbonyl (C=O) groups is 2. The SMILES string of the molecule is COC1O[C@H](COC(=O)C(C)(C)C)[C@@H](O)[C@H](OC(=O)C(C)(C)C)[C@@H]1O. The smallest absolute Gasteiger partial charge is 0.311 e. The van der Waals surface area contributed by atoms with Crippen molar-refractivity contribution in [1.29, 1.82) is 0 Å². The van der Waals surface area contributed by atoms with Gasteiger partial charge in [-0.15, -0.1) is 0 Å².